The van der Waals surface area contributed by atoms with Gasteiger partial charge in [0.2, 0.25) is 0 Å². The Kier molecular flexibility index (Phi) is 4.73. The molecule has 24 heavy (non-hydrogen) atoms. The Labute approximate surface area is 147 Å². The van der Waals surface area contributed by atoms with E-state index in [-0.39, 0.29) is 0 Å². The van der Waals surface area contributed by atoms with Crippen molar-refractivity contribution < 1.29 is 14.6 Å². The molecule has 2 heterocycles. The molecule has 0 saturated carbocycles. The van der Waals surface area contributed by atoms with Gasteiger partial charge in [-0.3, -0.25) is 4.79 Å². The zero-order chi connectivity index (χ0) is 17.3. The molecule has 0 aliphatic heterocycles. The van der Waals surface area contributed by atoms with Gasteiger partial charge in [-0.05, 0) is 31.5 Å². The minimum Gasteiger partial charge on any atom is -0.497 e. The van der Waals surface area contributed by atoms with E-state index in [1.807, 2.05) is 36.6 Å². The number of carboxylic acid groups (broad SMARTS) is 1. The smallest absolute Gasteiger partial charge is 0.316 e. The lowest BCUT2D eigenvalue weighted by atomic mass is 10.1. The summed E-state index contributed by atoms with van der Waals surface area (Å²) < 4.78 is 5.20. The number of benzene rings is 1. The number of nitrogens with zero attached hydrogens (tertiary/aromatic N) is 2. The van der Waals surface area contributed by atoms with Crippen molar-refractivity contribution in [2.75, 3.05) is 7.11 Å². The highest BCUT2D eigenvalue weighted by Gasteiger charge is 2.20. The second-order valence-electron chi connectivity index (χ2n) is 5.23. The molecule has 1 atom stereocenters. The number of aromatic nitrogens is 2. The Hall–Kier alpha value is -2.12. The number of carboxylic acids is 1. The normalized spacial score (nSPS) is 12.3. The molecule has 7 heteroatoms. The predicted molar refractivity (Wildman–Crippen MR) is 97.1 cm³/mol. The van der Waals surface area contributed by atoms with Crippen LogP contribution in [0.2, 0.25) is 0 Å². The number of rotatable bonds is 5. The maximum Gasteiger partial charge on any atom is 0.316 e. The topological polar surface area (TPSA) is 72.3 Å². The summed E-state index contributed by atoms with van der Waals surface area (Å²) in [6, 6.07) is 7.77. The Bertz CT molecular complexity index is 891. The van der Waals surface area contributed by atoms with Crippen LogP contribution < -0.4 is 4.74 Å². The van der Waals surface area contributed by atoms with Gasteiger partial charge >= 0.3 is 5.97 Å². The summed E-state index contributed by atoms with van der Waals surface area (Å²) in [6.45, 7) is 3.48. The molecule has 5 nitrogen and oxygen atoms in total. The van der Waals surface area contributed by atoms with Crippen LogP contribution in [0.25, 0.3) is 21.3 Å². The number of methoxy groups -OCH3 is 1. The van der Waals surface area contributed by atoms with Gasteiger partial charge in [0.25, 0.3) is 0 Å². The number of aliphatic carboxylic acids is 1. The van der Waals surface area contributed by atoms with E-state index in [9.17, 15) is 9.90 Å². The first kappa shape index (κ1) is 16.7. The van der Waals surface area contributed by atoms with Crippen LogP contribution in [0, 0.1) is 6.92 Å². The van der Waals surface area contributed by atoms with Crippen LogP contribution in [0.4, 0.5) is 0 Å². The summed E-state index contributed by atoms with van der Waals surface area (Å²) in [4.78, 5) is 21.1. The minimum atomic E-state index is -0.856. The lowest BCUT2D eigenvalue weighted by Gasteiger charge is -2.09. The highest BCUT2D eigenvalue weighted by atomic mass is 32.2. The molecule has 3 aromatic rings. The average molecular weight is 360 g/mol. The van der Waals surface area contributed by atoms with Crippen LogP contribution in [0.15, 0.2) is 34.7 Å². The van der Waals surface area contributed by atoms with Crippen molar-refractivity contribution in [3.63, 3.8) is 0 Å². The molecule has 0 aliphatic carbocycles. The van der Waals surface area contributed by atoms with E-state index >= 15 is 0 Å². The monoisotopic (exact) mass is 360 g/mol. The Morgan fingerprint density at radius 2 is 2.00 bits per heavy atom. The molecular weight excluding hydrogens is 344 g/mol. The maximum absolute atomic E-state index is 11.2. The number of hydrogen-bond acceptors (Lipinski definition) is 6. The van der Waals surface area contributed by atoms with Crippen molar-refractivity contribution >= 4 is 39.3 Å². The predicted octanol–water partition coefficient (Wildman–Crippen LogP) is 4.24. The Balaban J connectivity index is 2.13. The first-order valence-corrected chi connectivity index (χ1v) is 9.05. The van der Waals surface area contributed by atoms with Gasteiger partial charge in [-0.2, -0.15) is 0 Å². The van der Waals surface area contributed by atoms with E-state index in [0.717, 1.165) is 27.1 Å². The Morgan fingerprint density at radius 1 is 1.29 bits per heavy atom. The number of thiophene rings is 1. The number of aryl methyl sites for hydroxylation is 1. The average Bonchev–Trinajstić information content (AvgIpc) is 2.98. The number of carbonyl (C=O) groups is 1. The van der Waals surface area contributed by atoms with Gasteiger partial charge in [0.15, 0.2) is 0 Å². The molecule has 1 N–H and O–H groups in total. The van der Waals surface area contributed by atoms with Crippen LogP contribution >= 0.6 is 23.1 Å². The van der Waals surface area contributed by atoms with Crippen LogP contribution in [0.1, 0.15) is 12.7 Å². The van der Waals surface area contributed by atoms with Gasteiger partial charge in [-0.1, -0.05) is 23.9 Å². The van der Waals surface area contributed by atoms with E-state index in [0.29, 0.717) is 10.9 Å². The zero-order valence-electron chi connectivity index (χ0n) is 13.4. The fourth-order valence-corrected chi connectivity index (χ4v) is 4.30. The molecule has 0 spiro atoms. The molecule has 1 unspecified atom stereocenters. The first-order valence-electron chi connectivity index (χ1n) is 7.29. The van der Waals surface area contributed by atoms with E-state index in [1.165, 1.54) is 23.1 Å². The van der Waals surface area contributed by atoms with Crippen molar-refractivity contribution in [3.05, 3.63) is 35.5 Å². The standard InChI is InChI=1S/C17H16N2O3S2/c1-9(17(20)21)24-16-14-13(8-23-15(14)18-10(2)19-16)11-4-6-12(22-3)7-5-11/h4-9H,1-3H3,(H,20,21). The van der Waals surface area contributed by atoms with Crippen LogP contribution in [0.5, 0.6) is 5.75 Å². The fraction of sp³-hybridized carbons (Fsp3) is 0.235. The number of ether oxygens (including phenoxy) is 1. The van der Waals surface area contributed by atoms with Gasteiger partial charge in [0, 0.05) is 10.9 Å². The van der Waals surface area contributed by atoms with Crippen LogP contribution in [-0.4, -0.2) is 33.4 Å². The van der Waals surface area contributed by atoms with E-state index < -0.39 is 11.2 Å². The lowest BCUT2D eigenvalue weighted by molar-refractivity contribution is -0.136. The van der Waals surface area contributed by atoms with Gasteiger partial charge in [0.05, 0.1) is 12.5 Å². The van der Waals surface area contributed by atoms with Gasteiger partial charge in [0.1, 0.15) is 26.7 Å². The molecule has 0 fully saturated rings. The third-order valence-corrected chi connectivity index (χ3v) is 5.50. The summed E-state index contributed by atoms with van der Waals surface area (Å²) in [7, 11) is 1.63. The molecule has 2 aromatic heterocycles. The molecule has 0 saturated heterocycles. The molecule has 0 bridgehead atoms. The number of thioether (sulfide) groups is 1. The van der Waals surface area contributed by atoms with Gasteiger partial charge in [-0.15, -0.1) is 11.3 Å². The van der Waals surface area contributed by atoms with Crippen molar-refractivity contribution in [1.82, 2.24) is 9.97 Å². The zero-order valence-corrected chi connectivity index (χ0v) is 15.1. The summed E-state index contributed by atoms with van der Waals surface area (Å²) in [5.41, 5.74) is 2.04. The van der Waals surface area contributed by atoms with Crippen molar-refractivity contribution in [3.8, 4) is 16.9 Å². The molecule has 0 aliphatic rings. The second kappa shape index (κ2) is 6.78. The molecular formula is C17H16N2O3S2. The highest BCUT2D eigenvalue weighted by Crippen LogP contribution is 2.39. The summed E-state index contributed by atoms with van der Waals surface area (Å²) in [5, 5.41) is 12.3. The minimum absolute atomic E-state index is 0.578. The van der Waals surface area contributed by atoms with Gasteiger partial charge in [-0.25, -0.2) is 9.97 Å². The summed E-state index contributed by atoms with van der Waals surface area (Å²) in [6.07, 6.45) is 0. The molecule has 124 valence electrons. The Morgan fingerprint density at radius 3 is 2.62 bits per heavy atom. The number of fused-ring (bicyclic) bond motifs is 1. The second-order valence-corrected chi connectivity index (χ2v) is 7.42. The molecule has 0 amide bonds. The number of hydrogen-bond donors (Lipinski definition) is 1. The molecule has 0 radical (unpaired) electrons. The third kappa shape index (κ3) is 3.22. The van der Waals surface area contributed by atoms with Crippen LogP contribution in [-0.2, 0) is 4.79 Å². The molecule has 1 aromatic carbocycles. The van der Waals surface area contributed by atoms with E-state index in [2.05, 4.69) is 9.97 Å². The van der Waals surface area contributed by atoms with Crippen molar-refractivity contribution in [1.29, 1.82) is 0 Å². The first-order chi connectivity index (χ1) is 11.5. The lowest BCUT2D eigenvalue weighted by Crippen LogP contribution is -2.11. The summed E-state index contributed by atoms with van der Waals surface area (Å²) >= 11 is 2.79. The van der Waals surface area contributed by atoms with Crippen LogP contribution in [0.3, 0.4) is 0 Å². The fourth-order valence-electron chi connectivity index (χ4n) is 2.30. The third-order valence-electron chi connectivity index (χ3n) is 3.55. The van der Waals surface area contributed by atoms with Gasteiger partial charge < -0.3 is 9.84 Å². The highest BCUT2D eigenvalue weighted by molar-refractivity contribution is 8.00. The van der Waals surface area contributed by atoms with E-state index in [4.69, 9.17) is 4.74 Å². The molecule has 3 rings (SSSR count). The van der Waals surface area contributed by atoms with Crippen molar-refractivity contribution in [2.45, 2.75) is 24.1 Å². The largest absolute Gasteiger partial charge is 0.497 e. The quantitative estimate of drug-likeness (QED) is 0.542. The summed E-state index contributed by atoms with van der Waals surface area (Å²) in [5.74, 6) is 0.579. The maximum atomic E-state index is 11.2. The SMILES string of the molecule is COc1ccc(-c2csc3nc(C)nc(SC(C)C(=O)O)c23)cc1. The van der Waals surface area contributed by atoms with Crippen molar-refractivity contribution in [2.24, 2.45) is 0 Å². The van der Waals surface area contributed by atoms with E-state index in [1.54, 1.807) is 14.0 Å².